The monoisotopic (exact) mass is 145 g/mol. The minimum Gasteiger partial charge on any atom is -0.264 e. The van der Waals surface area contributed by atoms with Crippen LogP contribution in [-0.2, 0) is 0 Å². The molecule has 1 nitrogen and oxygen atoms in total. The standard InChI is InChI=1S/C10H11N/c1-2-10(8-11-7-1)6-5-9-3-4-9/h1-2,5-9H,3-4H2. The van der Waals surface area contributed by atoms with Gasteiger partial charge in [-0.25, -0.2) is 0 Å². The largest absolute Gasteiger partial charge is 0.264 e. The minimum absolute atomic E-state index is 0.857. The van der Waals surface area contributed by atoms with Crippen molar-refractivity contribution in [2.75, 3.05) is 0 Å². The summed E-state index contributed by atoms with van der Waals surface area (Å²) in [6.45, 7) is 0. The molecule has 1 heteroatoms. The van der Waals surface area contributed by atoms with Crippen molar-refractivity contribution in [1.29, 1.82) is 0 Å². The van der Waals surface area contributed by atoms with Crippen LogP contribution in [0.25, 0.3) is 6.08 Å². The lowest BCUT2D eigenvalue weighted by atomic mass is 10.2. The Morgan fingerprint density at radius 1 is 1.45 bits per heavy atom. The van der Waals surface area contributed by atoms with Gasteiger partial charge in [0.15, 0.2) is 0 Å². The molecule has 1 saturated carbocycles. The van der Waals surface area contributed by atoms with Crippen molar-refractivity contribution in [2.45, 2.75) is 12.8 Å². The summed E-state index contributed by atoms with van der Waals surface area (Å²) in [4.78, 5) is 4.03. The van der Waals surface area contributed by atoms with E-state index in [-0.39, 0.29) is 0 Å². The van der Waals surface area contributed by atoms with Gasteiger partial charge >= 0.3 is 0 Å². The number of pyridine rings is 1. The third-order valence-electron chi connectivity index (χ3n) is 1.87. The third-order valence-corrected chi connectivity index (χ3v) is 1.87. The maximum Gasteiger partial charge on any atom is 0.0340 e. The highest BCUT2D eigenvalue weighted by Crippen LogP contribution is 2.30. The summed E-state index contributed by atoms with van der Waals surface area (Å²) in [5.41, 5.74) is 1.21. The Morgan fingerprint density at radius 3 is 3.00 bits per heavy atom. The molecular weight excluding hydrogens is 134 g/mol. The molecule has 0 aliphatic heterocycles. The van der Waals surface area contributed by atoms with Crippen LogP contribution in [0.2, 0.25) is 0 Å². The minimum atomic E-state index is 0.857. The predicted molar refractivity (Wildman–Crippen MR) is 46.0 cm³/mol. The summed E-state index contributed by atoms with van der Waals surface area (Å²) in [5.74, 6) is 0.857. The Kier molecular flexibility index (Phi) is 1.72. The molecule has 0 unspecified atom stereocenters. The van der Waals surface area contributed by atoms with Crippen molar-refractivity contribution in [3.05, 3.63) is 36.2 Å². The van der Waals surface area contributed by atoms with Crippen molar-refractivity contribution in [2.24, 2.45) is 5.92 Å². The van der Waals surface area contributed by atoms with Crippen LogP contribution < -0.4 is 0 Å². The summed E-state index contributed by atoms with van der Waals surface area (Å²) in [5, 5.41) is 0. The predicted octanol–water partition coefficient (Wildman–Crippen LogP) is 2.50. The second kappa shape index (κ2) is 2.87. The Bertz CT molecular complexity index is 247. The van der Waals surface area contributed by atoms with E-state index in [0.29, 0.717) is 0 Å². The van der Waals surface area contributed by atoms with E-state index >= 15 is 0 Å². The first-order chi connectivity index (χ1) is 5.45. The SMILES string of the molecule is C(=CC1CC1)c1cccnc1. The molecule has 0 amide bonds. The maximum atomic E-state index is 4.03. The van der Waals surface area contributed by atoms with E-state index in [1.807, 2.05) is 12.3 Å². The molecule has 0 bridgehead atoms. The first-order valence-electron chi connectivity index (χ1n) is 4.03. The van der Waals surface area contributed by atoms with Crippen LogP contribution >= 0.6 is 0 Å². The lowest BCUT2D eigenvalue weighted by Gasteiger charge is -1.88. The number of nitrogens with zero attached hydrogens (tertiary/aromatic N) is 1. The van der Waals surface area contributed by atoms with Crippen LogP contribution in [-0.4, -0.2) is 4.98 Å². The smallest absolute Gasteiger partial charge is 0.0340 e. The molecule has 2 rings (SSSR count). The Hall–Kier alpha value is -1.11. The molecule has 1 heterocycles. The molecule has 0 aromatic carbocycles. The van der Waals surface area contributed by atoms with Gasteiger partial charge in [0, 0.05) is 12.4 Å². The zero-order chi connectivity index (χ0) is 7.52. The maximum absolute atomic E-state index is 4.03. The van der Waals surface area contributed by atoms with Crippen LogP contribution in [0, 0.1) is 5.92 Å². The zero-order valence-corrected chi connectivity index (χ0v) is 6.40. The molecule has 11 heavy (non-hydrogen) atoms. The van der Waals surface area contributed by atoms with E-state index in [0.717, 1.165) is 5.92 Å². The summed E-state index contributed by atoms with van der Waals surface area (Å²) in [6, 6.07) is 4.04. The summed E-state index contributed by atoms with van der Waals surface area (Å²) >= 11 is 0. The third kappa shape index (κ3) is 1.90. The van der Waals surface area contributed by atoms with Gasteiger partial charge in [-0.05, 0) is 30.4 Å². The number of hydrogen-bond acceptors (Lipinski definition) is 1. The van der Waals surface area contributed by atoms with Crippen LogP contribution in [0.3, 0.4) is 0 Å². The van der Waals surface area contributed by atoms with Gasteiger partial charge in [-0.3, -0.25) is 4.98 Å². The average Bonchev–Trinajstić information content (AvgIpc) is 2.86. The Labute approximate surface area is 66.8 Å². The van der Waals surface area contributed by atoms with Gasteiger partial charge in [0.2, 0.25) is 0 Å². The molecule has 56 valence electrons. The van der Waals surface area contributed by atoms with Gasteiger partial charge in [-0.1, -0.05) is 18.2 Å². The van der Waals surface area contributed by atoms with E-state index in [9.17, 15) is 0 Å². The molecular formula is C10H11N. The second-order valence-electron chi connectivity index (χ2n) is 2.98. The fraction of sp³-hybridized carbons (Fsp3) is 0.300. The molecule has 1 aromatic heterocycles. The fourth-order valence-corrected chi connectivity index (χ4v) is 1.01. The Balaban J connectivity index is 2.05. The van der Waals surface area contributed by atoms with Crippen LogP contribution in [0.1, 0.15) is 18.4 Å². The highest BCUT2D eigenvalue weighted by molar-refractivity contribution is 5.48. The molecule has 0 N–H and O–H groups in total. The van der Waals surface area contributed by atoms with E-state index < -0.39 is 0 Å². The van der Waals surface area contributed by atoms with E-state index in [2.05, 4.69) is 23.2 Å². The van der Waals surface area contributed by atoms with Gasteiger partial charge in [0.25, 0.3) is 0 Å². The first kappa shape index (κ1) is 6.59. The molecule has 1 aliphatic carbocycles. The van der Waals surface area contributed by atoms with Crippen LogP contribution in [0.15, 0.2) is 30.6 Å². The molecule has 0 atom stereocenters. The first-order valence-corrected chi connectivity index (χ1v) is 4.03. The molecule has 1 fully saturated rings. The van der Waals surface area contributed by atoms with Crippen molar-refractivity contribution >= 4 is 6.08 Å². The quantitative estimate of drug-likeness (QED) is 0.623. The van der Waals surface area contributed by atoms with E-state index in [1.54, 1.807) is 6.20 Å². The molecule has 1 aliphatic rings. The summed E-state index contributed by atoms with van der Waals surface area (Å²) in [6.07, 6.45) is 10.9. The summed E-state index contributed by atoms with van der Waals surface area (Å²) < 4.78 is 0. The molecule has 0 radical (unpaired) electrons. The van der Waals surface area contributed by atoms with Crippen molar-refractivity contribution < 1.29 is 0 Å². The highest BCUT2D eigenvalue weighted by atomic mass is 14.6. The fourth-order valence-electron chi connectivity index (χ4n) is 1.01. The average molecular weight is 145 g/mol. The molecule has 1 aromatic rings. The van der Waals surface area contributed by atoms with Crippen LogP contribution in [0.5, 0.6) is 0 Å². The lowest BCUT2D eigenvalue weighted by molar-refractivity contribution is 1.13. The van der Waals surface area contributed by atoms with Gasteiger partial charge in [-0.2, -0.15) is 0 Å². The van der Waals surface area contributed by atoms with Crippen LogP contribution in [0.4, 0.5) is 0 Å². The second-order valence-corrected chi connectivity index (χ2v) is 2.98. The molecule has 0 spiro atoms. The highest BCUT2D eigenvalue weighted by Gasteiger charge is 2.16. The lowest BCUT2D eigenvalue weighted by Crippen LogP contribution is -1.73. The van der Waals surface area contributed by atoms with Gasteiger partial charge in [0.05, 0.1) is 0 Å². The van der Waals surface area contributed by atoms with E-state index in [4.69, 9.17) is 0 Å². The number of allylic oxidation sites excluding steroid dienone is 1. The number of aromatic nitrogens is 1. The summed E-state index contributed by atoms with van der Waals surface area (Å²) in [7, 11) is 0. The van der Waals surface area contributed by atoms with Gasteiger partial charge < -0.3 is 0 Å². The Morgan fingerprint density at radius 2 is 2.36 bits per heavy atom. The normalized spacial score (nSPS) is 17.5. The van der Waals surface area contributed by atoms with Crippen molar-refractivity contribution in [3.63, 3.8) is 0 Å². The number of rotatable bonds is 2. The number of hydrogen-bond donors (Lipinski definition) is 0. The zero-order valence-electron chi connectivity index (χ0n) is 6.40. The van der Waals surface area contributed by atoms with Crippen molar-refractivity contribution in [1.82, 2.24) is 4.98 Å². The molecule has 0 saturated heterocycles. The topological polar surface area (TPSA) is 12.9 Å². The van der Waals surface area contributed by atoms with Gasteiger partial charge in [0.1, 0.15) is 0 Å². The van der Waals surface area contributed by atoms with E-state index in [1.165, 1.54) is 18.4 Å². The van der Waals surface area contributed by atoms with Gasteiger partial charge in [-0.15, -0.1) is 0 Å². The van der Waals surface area contributed by atoms with Crippen molar-refractivity contribution in [3.8, 4) is 0 Å².